The van der Waals surface area contributed by atoms with Gasteiger partial charge in [0, 0.05) is 19.1 Å². The second-order valence-corrected chi connectivity index (χ2v) is 6.85. The number of hydrogen-bond donors (Lipinski definition) is 1. The lowest BCUT2D eigenvalue weighted by molar-refractivity contribution is -0.136. The second kappa shape index (κ2) is 6.42. The van der Waals surface area contributed by atoms with Crippen molar-refractivity contribution >= 4 is 29.1 Å². The molecule has 1 fully saturated rings. The van der Waals surface area contributed by atoms with Crippen molar-refractivity contribution in [3.63, 3.8) is 0 Å². The van der Waals surface area contributed by atoms with Crippen LogP contribution in [0.3, 0.4) is 0 Å². The SMILES string of the molecule is CC1(C)CN(C(=O)COc2c(Cl)cccc2Cl)CCC1N. The van der Waals surface area contributed by atoms with Gasteiger partial charge in [0.05, 0.1) is 10.0 Å². The standard InChI is InChI=1S/C15H20Cl2N2O2/c1-15(2)9-19(7-6-12(15)18)13(20)8-21-14-10(16)4-3-5-11(14)17/h3-5,12H,6-9,18H2,1-2H3. The van der Waals surface area contributed by atoms with Crippen LogP contribution in [0.2, 0.25) is 10.0 Å². The Kier molecular flexibility index (Phi) is 5.02. The summed E-state index contributed by atoms with van der Waals surface area (Å²) in [5.74, 6) is 0.271. The Hall–Kier alpha value is -0.970. The molecule has 1 aliphatic rings. The van der Waals surface area contributed by atoms with E-state index in [1.165, 1.54) is 0 Å². The fourth-order valence-electron chi connectivity index (χ4n) is 2.43. The highest BCUT2D eigenvalue weighted by Gasteiger charge is 2.35. The number of para-hydroxylation sites is 1. The molecule has 1 amide bonds. The quantitative estimate of drug-likeness (QED) is 0.926. The number of ether oxygens (including phenoxy) is 1. The van der Waals surface area contributed by atoms with Gasteiger partial charge >= 0.3 is 0 Å². The zero-order chi connectivity index (χ0) is 15.6. The Bertz CT molecular complexity index is 514. The van der Waals surface area contributed by atoms with Gasteiger partial charge in [-0.1, -0.05) is 43.1 Å². The van der Waals surface area contributed by atoms with Gasteiger partial charge < -0.3 is 15.4 Å². The van der Waals surface area contributed by atoms with E-state index < -0.39 is 0 Å². The van der Waals surface area contributed by atoms with Crippen molar-refractivity contribution in [2.45, 2.75) is 26.3 Å². The van der Waals surface area contributed by atoms with Crippen molar-refractivity contribution in [1.29, 1.82) is 0 Å². The number of carbonyl (C=O) groups excluding carboxylic acids is 1. The molecule has 0 saturated carbocycles. The Balaban J connectivity index is 1.96. The summed E-state index contributed by atoms with van der Waals surface area (Å²) in [5.41, 5.74) is 5.99. The first-order chi connectivity index (χ1) is 9.81. The van der Waals surface area contributed by atoms with Crippen molar-refractivity contribution in [2.75, 3.05) is 19.7 Å². The molecule has 1 atom stereocenters. The second-order valence-electron chi connectivity index (χ2n) is 6.04. The van der Waals surface area contributed by atoms with E-state index in [2.05, 4.69) is 13.8 Å². The van der Waals surface area contributed by atoms with Gasteiger partial charge in [-0.2, -0.15) is 0 Å². The van der Waals surface area contributed by atoms with Crippen molar-refractivity contribution < 1.29 is 9.53 Å². The summed E-state index contributed by atoms with van der Waals surface area (Å²) in [6, 6.07) is 5.20. The number of rotatable bonds is 3. The van der Waals surface area contributed by atoms with E-state index in [4.69, 9.17) is 33.7 Å². The topological polar surface area (TPSA) is 55.6 Å². The van der Waals surface area contributed by atoms with E-state index in [0.717, 1.165) is 6.42 Å². The van der Waals surface area contributed by atoms with Gasteiger partial charge in [0.1, 0.15) is 0 Å². The molecule has 21 heavy (non-hydrogen) atoms. The maximum atomic E-state index is 12.3. The number of piperidine rings is 1. The summed E-state index contributed by atoms with van der Waals surface area (Å²) in [6.07, 6.45) is 0.797. The molecule has 1 heterocycles. The number of carbonyl (C=O) groups is 1. The minimum absolute atomic E-state index is 0.0746. The van der Waals surface area contributed by atoms with Crippen molar-refractivity contribution in [1.82, 2.24) is 4.90 Å². The van der Waals surface area contributed by atoms with Crippen LogP contribution in [-0.2, 0) is 4.79 Å². The average molecular weight is 331 g/mol. The molecule has 2 N–H and O–H groups in total. The third kappa shape index (κ3) is 3.82. The van der Waals surface area contributed by atoms with Crippen LogP contribution in [0, 0.1) is 5.41 Å². The molecule has 0 bridgehead atoms. The maximum absolute atomic E-state index is 12.3. The molecule has 0 radical (unpaired) electrons. The highest BCUT2D eigenvalue weighted by molar-refractivity contribution is 6.37. The van der Waals surface area contributed by atoms with E-state index >= 15 is 0 Å². The van der Waals surface area contributed by atoms with Crippen molar-refractivity contribution in [3.8, 4) is 5.75 Å². The third-order valence-electron chi connectivity index (χ3n) is 3.92. The average Bonchev–Trinajstić information content (AvgIpc) is 2.41. The number of nitrogens with two attached hydrogens (primary N) is 1. The van der Waals surface area contributed by atoms with Gasteiger partial charge in [0.2, 0.25) is 0 Å². The van der Waals surface area contributed by atoms with Gasteiger partial charge in [0.25, 0.3) is 5.91 Å². The molecule has 0 spiro atoms. The van der Waals surface area contributed by atoms with Crippen LogP contribution in [0.15, 0.2) is 18.2 Å². The molecular weight excluding hydrogens is 311 g/mol. The highest BCUT2D eigenvalue weighted by Crippen LogP contribution is 2.32. The number of likely N-dealkylation sites (tertiary alicyclic amines) is 1. The minimum Gasteiger partial charge on any atom is -0.481 e. The monoisotopic (exact) mass is 330 g/mol. The molecule has 1 aromatic rings. The molecule has 0 aliphatic carbocycles. The summed E-state index contributed by atoms with van der Waals surface area (Å²) in [6.45, 7) is 5.36. The summed E-state index contributed by atoms with van der Waals surface area (Å²) >= 11 is 12.0. The lowest BCUT2D eigenvalue weighted by atomic mass is 9.80. The van der Waals surface area contributed by atoms with Crippen LogP contribution in [-0.4, -0.2) is 36.5 Å². The largest absolute Gasteiger partial charge is 0.481 e. The fraction of sp³-hybridized carbons (Fsp3) is 0.533. The predicted molar refractivity (Wildman–Crippen MR) is 84.9 cm³/mol. The number of nitrogens with zero attached hydrogens (tertiary/aromatic N) is 1. The van der Waals surface area contributed by atoms with Gasteiger partial charge in [-0.3, -0.25) is 4.79 Å². The fourth-order valence-corrected chi connectivity index (χ4v) is 2.94. The zero-order valence-electron chi connectivity index (χ0n) is 12.2. The van der Waals surface area contributed by atoms with Crippen LogP contribution >= 0.6 is 23.2 Å². The maximum Gasteiger partial charge on any atom is 0.260 e. The minimum atomic E-state index is -0.0874. The summed E-state index contributed by atoms with van der Waals surface area (Å²) in [5, 5.41) is 0.799. The molecule has 116 valence electrons. The Morgan fingerprint density at radius 3 is 2.62 bits per heavy atom. The van der Waals surface area contributed by atoms with E-state index in [9.17, 15) is 4.79 Å². The van der Waals surface area contributed by atoms with Crippen LogP contribution < -0.4 is 10.5 Å². The van der Waals surface area contributed by atoms with Gasteiger partial charge in [-0.15, -0.1) is 0 Å². The highest BCUT2D eigenvalue weighted by atomic mass is 35.5. The van der Waals surface area contributed by atoms with Crippen LogP contribution in [0.4, 0.5) is 0 Å². The van der Waals surface area contributed by atoms with E-state index in [1.54, 1.807) is 23.1 Å². The molecule has 1 aromatic carbocycles. The zero-order valence-corrected chi connectivity index (χ0v) is 13.7. The first kappa shape index (κ1) is 16.4. The number of benzene rings is 1. The van der Waals surface area contributed by atoms with E-state index in [1.807, 2.05) is 0 Å². The molecule has 2 rings (SSSR count). The van der Waals surface area contributed by atoms with Gasteiger partial charge in [-0.05, 0) is 24.0 Å². The summed E-state index contributed by atoms with van der Waals surface area (Å²) < 4.78 is 5.49. The van der Waals surface area contributed by atoms with E-state index in [0.29, 0.717) is 28.9 Å². The van der Waals surface area contributed by atoms with Crippen molar-refractivity contribution in [2.24, 2.45) is 11.1 Å². The predicted octanol–water partition coefficient (Wildman–Crippen LogP) is 2.96. The normalized spacial score (nSPS) is 21.2. The first-order valence-electron chi connectivity index (χ1n) is 6.91. The lowest BCUT2D eigenvalue weighted by Gasteiger charge is -2.42. The molecular formula is C15H20Cl2N2O2. The lowest BCUT2D eigenvalue weighted by Crippen LogP contribution is -2.54. The molecule has 1 unspecified atom stereocenters. The third-order valence-corrected chi connectivity index (χ3v) is 4.52. The molecule has 0 aromatic heterocycles. The van der Waals surface area contributed by atoms with Crippen LogP contribution in [0.5, 0.6) is 5.75 Å². The molecule has 4 nitrogen and oxygen atoms in total. The van der Waals surface area contributed by atoms with E-state index in [-0.39, 0.29) is 24.0 Å². The summed E-state index contributed by atoms with van der Waals surface area (Å²) in [7, 11) is 0. The molecule has 6 heteroatoms. The molecule has 1 saturated heterocycles. The number of amides is 1. The summed E-state index contributed by atoms with van der Waals surface area (Å²) in [4.78, 5) is 14.0. The van der Waals surface area contributed by atoms with Crippen LogP contribution in [0.25, 0.3) is 0 Å². The Labute approximate surface area is 135 Å². The van der Waals surface area contributed by atoms with Gasteiger partial charge in [0.15, 0.2) is 12.4 Å². The first-order valence-corrected chi connectivity index (χ1v) is 7.67. The van der Waals surface area contributed by atoms with Crippen LogP contribution in [0.1, 0.15) is 20.3 Å². The Morgan fingerprint density at radius 1 is 1.43 bits per heavy atom. The molecule has 1 aliphatic heterocycles. The van der Waals surface area contributed by atoms with Gasteiger partial charge in [-0.25, -0.2) is 0 Å². The number of halogens is 2. The number of hydrogen-bond acceptors (Lipinski definition) is 3. The smallest absolute Gasteiger partial charge is 0.260 e. The van der Waals surface area contributed by atoms with Crippen molar-refractivity contribution in [3.05, 3.63) is 28.2 Å². The Morgan fingerprint density at radius 2 is 2.05 bits per heavy atom.